The molecule has 2 amide bonds. The molecule has 0 unspecified atom stereocenters. The van der Waals surface area contributed by atoms with Gasteiger partial charge in [-0.15, -0.1) is 0 Å². The van der Waals surface area contributed by atoms with Gasteiger partial charge in [-0.2, -0.15) is 5.10 Å². The Balaban J connectivity index is 1.33. The molecule has 6 nitrogen and oxygen atoms in total. The summed E-state index contributed by atoms with van der Waals surface area (Å²) in [5.74, 6) is 0.850. The molecule has 2 heterocycles. The van der Waals surface area contributed by atoms with Crippen molar-refractivity contribution in [1.82, 2.24) is 20.0 Å². The number of nitrogens with one attached hydrogen (secondary N) is 1. The van der Waals surface area contributed by atoms with Crippen LogP contribution in [0.3, 0.4) is 0 Å². The second-order valence-corrected chi connectivity index (χ2v) is 8.01. The van der Waals surface area contributed by atoms with Crippen LogP contribution in [0.25, 0.3) is 0 Å². The molecule has 4 rings (SSSR count). The zero-order chi connectivity index (χ0) is 19.7. The smallest absolute Gasteiger partial charge is 0.227 e. The van der Waals surface area contributed by atoms with E-state index < -0.39 is 0 Å². The largest absolute Gasteiger partial charge is 0.341 e. The van der Waals surface area contributed by atoms with Crippen molar-refractivity contribution in [2.75, 3.05) is 26.2 Å². The topological polar surface area (TPSA) is 69.3 Å². The predicted octanol–water partition coefficient (Wildman–Crippen LogP) is 2.43. The standard InChI is InChI=1S/C22H28N4O2/c1-15-18(16(2)24-23-15)14-21(27)25-9-6-10-26(12-11-25)22(28)20-13-19(20)17-7-4-3-5-8-17/h3-5,7-8,19-20H,6,9-14H2,1-2H3,(H,23,24)/t19-,20+/m0/s1. The lowest BCUT2D eigenvalue weighted by molar-refractivity contribution is -0.134. The summed E-state index contributed by atoms with van der Waals surface area (Å²) in [4.78, 5) is 29.6. The maximum atomic E-state index is 12.9. The Labute approximate surface area is 165 Å². The summed E-state index contributed by atoms with van der Waals surface area (Å²) in [6.07, 6.45) is 2.16. The zero-order valence-corrected chi connectivity index (χ0v) is 16.6. The minimum atomic E-state index is 0.112. The van der Waals surface area contributed by atoms with E-state index in [4.69, 9.17) is 0 Å². The van der Waals surface area contributed by atoms with E-state index >= 15 is 0 Å². The SMILES string of the molecule is Cc1n[nH]c(C)c1CC(=O)N1CCCN(C(=O)[C@@H]2C[C@H]2c2ccccc2)CC1. The Morgan fingerprint density at radius 2 is 1.79 bits per heavy atom. The van der Waals surface area contributed by atoms with Crippen LogP contribution >= 0.6 is 0 Å². The van der Waals surface area contributed by atoms with Crippen molar-refractivity contribution < 1.29 is 9.59 Å². The van der Waals surface area contributed by atoms with Gasteiger partial charge in [0.05, 0.1) is 12.1 Å². The van der Waals surface area contributed by atoms with Crippen LogP contribution in [0, 0.1) is 19.8 Å². The highest BCUT2D eigenvalue weighted by atomic mass is 16.2. The molecule has 6 heteroatoms. The van der Waals surface area contributed by atoms with Gasteiger partial charge < -0.3 is 9.80 Å². The number of carbonyl (C=O) groups is 2. The molecule has 1 saturated heterocycles. The van der Waals surface area contributed by atoms with Gasteiger partial charge >= 0.3 is 0 Å². The molecule has 2 aliphatic rings. The van der Waals surface area contributed by atoms with E-state index in [0.29, 0.717) is 32.0 Å². The van der Waals surface area contributed by atoms with Gasteiger partial charge in [0.2, 0.25) is 11.8 Å². The van der Waals surface area contributed by atoms with Crippen LogP contribution in [-0.2, 0) is 16.0 Å². The van der Waals surface area contributed by atoms with Crippen LogP contribution in [0.15, 0.2) is 30.3 Å². The third-order valence-electron chi connectivity index (χ3n) is 6.10. The van der Waals surface area contributed by atoms with Crippen molar-refractivity contribution in [3.63, 3.8) is 0 Å². The van der Waals surface area contributed by atoms with Crippen LogP contribution in [0.2, 0.25) is 0 Å². The van der Waals surface area contributed by atoms with Gasteiger partial charge in [-0.25, -0.2) is 0 Å². The molecule has 1 aliphatic carbocycles. The molecule has 1 N–H and O–H groups in total. The molecule has 1 aliphatic heterocycles. The Morgan fingerprint density at radius 1 is 1.07 bits per heavy atom. The van der Waals surface area contributed by atoms with Crippen molar-refractivity contribution >= 4 is 11.8 Å². The molecule has 2 aromatic rings. The van der Waals surface area contributed by atoms with Gasteiger partial charge in [0, 0.05) is 43.4 Å². The number of aromatic nitrogens is 2. The quantitative estimate of drug-likeness (QED) is 0.886. The number of H-pyrrole nitrogens is 1. The Morgan fingerprint density at radius 3 is 2.50 bits per heavy atom. The number of rotatable bonds is 4. The van der Waals surface area contributed by atoms with E-state index in [1.807, 2.05) is 41.8 Å². The van der Waals surface area contributed by atoms with Crippen LogP contribution in [0.5, 0.6) is 0 Å². The van der Waals surface area contributed by atoms with E-state index in [-0.39, 0.29) is 17.7 Å². The van der Waals surface area contributed by atoms with Gasteiger partial charge in [-0.05, 0) is 38.2 Å². The molecular formula is C22H28N4O2. The van der Waals surface area contributed by atoms with Gasteiger partial charge in [0.25, 0.3) is 0 Å². The van der Waals surface area contributed by atoms with Crippen LogP contribution < -0.4 is 0 Å². The summed E-state index contributed by atoms with van der Waals surface area (Å²) < 4.78 is 0. The molecule has 0 radical (unpaired) electrons. The van der Waals surface area contributed by atoms with Crippen molar-refractivity contribution in [3.05, 3.63) is 52.8 Å². The van der Waals surface area contributed by atoms with Crippen LogP contribution in [0.1, 0.15) is 41.3 Å². The first-order valence-corrected chi connectivity index (χ1v) is 10.2. The molecule has 2 atom stereocenters. The number of aryl methyl sites for hydroxylation is 2. The fourth-order valence-electron chi connectivity index (χ4n) is 4.26. The summed E-state index contributed by atoms with van der Waals surface area (Å²) in [7, 11) is 0. The maximum Gasteiger partial charge on any atom is 0.227 e. The number of nitrogens with zero attached hydrogens (tertiary/aromatic N) is 3. The van der Waals surface area contributed by atoms with Gasteiger partial charge in [-0.3, -0.25) is 14.7 Å². The highest BCUT2D eigenvalue weighted by molar-refractivity contribution is 5.83. The third kappa shape index (κ3) is 3.81. The minimum absolute atomic E-state index is 0.112. The summed E-state index contributed by atoms with van der Waals surface area (Å²) in [5.41, 5.74) is 4.10. The number of carbonyl (C=O) groups excluding carboxylic acids is 2. The number of benzene rings is 1. The number of hydrogen-bond acceptors (Lipinski definition) is 3. The van der Waals surface area contributed by atoms with E-state index in [9.17, 15) is 9.59 Å². The lowest BCUT2D eigenvalue weighted by atomic mass is 10.1. The van der Waals surface area contributed by atoms with Gasteiger partial charge in [0.1, 0.15) is 0 Å². The lowest BCUT2D eigenvalue weighted by Crippen LogP contribution is -2.38. The third-order valence-corrected chi connectivity index (χ3v) is 6.10. The number of amides is 2. The van der Waals surface area contributed by atoms with Crippen molar-refractivity contribution in [2.45, 2.75) is 39.0 Å². The number of hydrogen-bond donors (Lipinski definition) is 1. The second-order valence-electron chi connectivity index (χ2n) is 8.01. The zero-order valence-electron chi connectivity index (χ0n) is 16.6. The second kappa shape index (κ2) is 7.78. The normalized spacial score (nSPS) is 22.1. The first-order valence-electron chi connectivity index (χ1n) is 10.2. The lowest BCUT2D eigenvalue weighted by Gasteiger charge is -2.22. The summed E-state index contributed by atoms with van der Waals surface area (Å²) >= 11 is 0. The fraction of sp³-hybridized carbons (Fsp3) is 0.500. The molecule has 1 aromatic carbocycles. The Bertz CT molecular complexity index is 841. The van der Waals surface area contributed by atoms with E-state index in [0.717, 1.165) is 36.3 Å². The van der Waals surface area contributed by atoms with Crippen LogP contribution in [0.4, 0.5) is 0 Å². The van der Waals surface area contributed by atoms with Gasteiger partial charge in [-0.1, -0.05) is 30.3 Å². The molecule has 0 bridgehead atoms. The molecule has 2 fully saturated rings. The average Bonchev–Trinajstić information content (AvgIpc) is 3.49. The van der Waals surface area contributed by atoms with E-state index in [1.165, 1.54) is 5.56 Å². The Hall–Kier alpha value is -2.63. The molecule has 1 saturated carbocycles. The maximum absolute atomic E-state index is 12.9. The number of aromatic amines is 1. The van der Waals surface area contributed by atoms with Crippen molar-refractivity contribution in [2.24, 2.45) is 5.92 Å². The first-order chi connectivity index (χ1) is 13.5. The molecule has 0 spiro atoms. The molecule has 1 aromatic heterocycles. The molecular weight excluding hydrogens is 352 g/mol. The fourth-order valence-corrected chi connectivity index (χ4v) is 4.26. The summed E-state index contributed by atoms with van der Waals surface area (Å²) in [6, 6.07) is 10.3. The van der Waals surface area contributed by atoms with Crippen LogP contribution in [-0.4, -0.2) is 58.0 Å². The predicted molar refractivity (Wildman–Crippen MR) is 107 cm³/mol. The summed E-state index contributed by atoms with van der Waals surface area (Å²) in [6.45, 7) is 6.57. The highest BCUT2D eigenvalue weighted by Gasteiger charge is 2.45. The highest BCUT2D eigenvalue weighted by Crippen LogP contribution is 2.48. The molecule has 28 heavy (non-hydrogen) atoms. The monoisotopic (exact) mass is 380 g/mol. The first kappa shape index (κ1) is 18.7. The average molecular weight is 380 g/mol. The van der Waals surface area contributed by atoms with E-state index in [1.54, 1.807) is 0 Å². The summed E-state index contributed by atoms with van der Waals surface area (Å²) in [5, 5.41) is 7.12. The van der Waals surface area contributed by atoms with Crippen molar-refractivity contribution in [1.29, 1.82) is 0 Å². The molecule has 148 valence electrons. The van der Waals surface area contributed by atoms with E-state index in [2.05, 4.69) is 22.3 Å². The Kier molecular flexibility index (Phi) is 5.20. The van der Waals surface area contributed by atoms with Gasteiger partial charge in [0.15, 0.2) is 0 Å². The van der Waals surface area contributed by atoms with Crippen molar-refractivity contribution in [3.8, 4) is 0 Å². The minimum Gasteiger partial charge on any atom is -0.341 e.